The van der Waals surface area contributed by atoms with Crippen molar-refractivity contribution in [2.45, 2.75) is 25.0 Å². The van der Waals surface area contributed by atoms with Gasteiger partial charge in [-0.1, -0.05) is 12.1 Å². The van der Waals surface area contributed by atoms with Crippen molar-refractivity contribution in [1.29, 1.82) is 0 Å². The predicted molar refractivity (Wildman–Crippen MR) is 138 cm³/mol. The average Bonchev–Trinajstić information content (AvgIpc) is 3.48. The van der Waals surface area contributed by atoms with Crippen molar-refractivity contribution in [2.24, 2.45) is 0 Å². The summed E-state index contributed by atoms with van der Waals surface area (Å²) >= 11 is 0. The van der Waals surface area contributed by atoms with Gasteiger partial charge in [0.05, 0.1) is 18.8 Å². The van der Waals surface area contributed by atoms with Crippen molar-refractivity contribution < 1.29 is 37.4 Å². The summed E-state index contributed by atoms with van der Waals surface area (Å²) in [5.41, 5.74) is 0.907. The number of ether oxygens (including phenoxy) is 3. The first kappa shape index (κ1) is 27.7. The molecule has 39 heavy (non-hydrogen) atoms. The summed E-state index contributed by atoms with van der Waals surface area (Å²) in [6.45, 7) is 0.367. The topological polar surface area (TPSA) is 94.2 Å². The molecule has 1 N–H and O–H groups in total. The first-order valence-corrected chi connectivity index (χ1v) is 12.4. The Morgan fingerprint density at radius 2 is 1.62 bits per heavy atom. The van der Waals surface area contributed by atoms with Gasteiger partial charge in [0.15, 0.2) is 6.61 Å². The van der Waals surface area contributed by atoms with Gasteiger partial charge >= 0.3 is 5.97 Å². The summed E-state index contributed by atoms with van der Waals surface area (Å²) in [5, 5.41) is 2.86. The van der Waals surface area contributed by atoms with Gasteiger partial charge in [-0.3, -0.25) is 14.5 Å². The van der Waals surface area contributed by atoms with Gasteiger partial charge in [0.1, 0.15) is 23.4 Å². The van der Waals surface area contributed by atoms with E-state index in [-0.39, 0.29) is 29.6 Å². The standard InChI is InChI=1S/C29H28F2N2O6/c1-37-29(36)20-6-4-19(5-7-20)27(28(35)32-17-25-3-2-16-38-25)33(23-12-8-21(30)9-13-23)26(34)18-39-24-14-10-22(31)11-15-24/h4-15,25,27H,2-3,16-18H2,1H3,(H,32,35)/t25-,27-/m0/s1. The fourth-order valence-electron chi connectivity index (χ4n) is 4.24. The number of nitrogens with one attached hydrogen (secondary N) is 1. The van der Waals surface area contributed by atoms with E-state index in [1.165, 1.54) is 72.7 Å². The van der Waals surface area contributed by atoms with Gasteiger partial charge in [-0.15, -0.1) is 0 Å². The van der Waals surface area contributed by atoms with E-state index in [0.29, 0.717) is 12.2 Å². The lowest BCUT2D eigenvalue weighted by molar-refractivity contribution is -0.127. The first-order chi connectivity index (χ1) is 18.9. The van der Waals surface area contributed by atoms with Gasteiger partial charge in [0.2, 0.25) is 5.91 Å². The fourth-order valence-corrected chi connectivity index (χ4v) is 4.24. The Hall–Kier alpha value is -4.31. The lowest BCUT2D eigenvalue weighted by atomic mass is 10.0. The van der Waals surface area contributed by atoms with Gasteiger partial charge in [-0.25, -0.2) is 13.6 Å². The van der Waals surface area contributed by atoms with Crippen LogP contribution in [0.1, 0.15) is 34.8 Å². The second-order valence-electron chi connectivity index (χ2n) is 8.88. The molecule has 2 atom stereocenters. The third-order valence-corrected chi connectivity index (χ3v) is 6.23. The highest BCUT2D eigenvalue weighted by molar-refractivity contribution is 6.02. The van der Waals surface area contributed by atoms with E-state index in [9.17, 15) is 23.2 Å². The highest BCUT2D eigenvalue weighted by atomic mass is 19.1. The van der Waals surface area contributed by atoms with Gasteiger partial charge < -0.3 is 19.5 Å². The fraction of sp³-hybridized carbons (Fsp3) is 0.276. The third-order valence-electron chi connectivity index (χ3n) is 6.23. The first-order valence-electron chi connectivity index (χ1n) is 12.4. The van der Waals surface area contributed by atoms with E-state index < -0.39 is 42.1 Å². The Bertz CT molecular complexity index is 1280. The number of carbonyl (C=O) groups is 3. The van der Waals surface area contributed by atoms with Crippen molar-refractivity contribution in [2.75, 3.05) is 31.8 Å². The lowest BCUT2D eigenvalue weighted by Crippen LogP contribution is -2.47. The van der Waals surface area contributed by atoms with Crippen LogP contribution in [0.15, 0.2) is 72.8 Å². The van der Waals surface area contributed by atoms with E-state index in [2.05, 4.69) is 5.32 Å². The van der Waals surface area contributed by atoms with Crippen LogP contribution in [-0.4, -0.2) is 50.8 Å². The number of rotatable bonds is 10. The summed E-state index contributed by atoms with van der Waals surface area (Å²) in [7, 11) is 1.26. The number of esters is 1. The van der Waals surface area contributed by atoms with Gasteiger partial charge in [-0.05, 0) is 79.1 Å². The second kappa shape index (κ2) is 13.0. The Morgan fingerprint density at radius 3 is 2.21 bits per heavy atom. The number of carbonyl (C=O) groups excluding carboxylic acids is 3. The van der Waals surface area contributed by atoms with Crippen LogP contribution in [0, 0.1) is 11.6 Å². The molecular formula is C29H28F2N2O6. The van der Waals surface area contributed by atoms with Gasteiger partial charge in [0, 0.05) is 18.8 Å². The van der Waals surface area contributed by atoms with Crippen LogP contribution in [0.4, 0.5) is 14.5 Å². The molecule has 10 heteroatoms. The molecule has 0 radical (unpaired) electrons. The minimum atomic E-state index is -1.20. The maximum atomic E-state index is 13.8. The molecule has 0 saturated carbocycles. The number of methoxy groups -OCH3 is 1. The maximum absolute atomic E-state index is 13.8. The highest BCUT2D eigenvalue weighted by Gasteiger charge is 2.34. The predicted octanol–water partition coefficient (Wildman–Crippen LogP) is 4.20. The average molecular weight is 539 g/mol. The molecule has 2 amide bonds. The molecule has 4 rings (SSSR count). The number of anilines is 1. The number of benzene rings is 3. The molecule has 0 aliphatic carbocycles. The van der Waals surface area contributed by atoms with Crippen molar-refractivity contribution in [3.63, 3.8) is 0 Å². The van der Waals surface area contributed by atoms with Crippen molar-refractivity contribution >= 4 is 23.5 Å². The molecule has 0 spiro atoms. The normalized spacial score (nSPS) is 15.3. The molecule has 1 saturated heterocycles. The monoisotopic (exact) mass is 538 g/mol. The van der Waals surface area contributed by atoms with Crippen LogP contribution in [0.5, 0.6) is 5.75 Å². The van der Waals surface area contributed by atoms with E-state index in [1.54, 1.807) is 12.1 Å². The third kappa shape index (κ3) is 7.17. The van der Waals surface area contributed by atoms with Gasteiger partial charge in [-0.2, -0.15) is 0 Å². The Balaban J connectivity index is 1.68. The number of nitrogens with zero attached hydrogens (tertiary/aromatic N) is 1. The zero-order valence-electron chi connectivity index (χ0n) is 21.3. The summed E-state index contributed by atoms with van der Waals surface area (Å²) in [4.78, 5) is 40.5. The molecule has 3 aromatic carbocycles. The van der Waals surface area contributed by atoms with Gasteiger partial charge in [0.25, 0.3) is 5.91 Å². The van der Waals surface area contributed by atoms with Crippen molar-refractivity contribution in [1.82, 2.24) is 5.32 Å². The summed E-state index contributed by atoms with van der Waals surface area (Å²) < 4.78 is 43.0. The molecule has 0 aromatic heterocycles. The number of halogens is 2. The minimum absolute atomic E-state index is 0.145. The lowest BCUT2D eigenvalue weighted by Gasteiger charge is -2.32. The Labute approximate surface area is 224 Å². The van der Waals surface area contributed by atoms with Crippen LogP contribution in [0.3, 0.4) is 0 Å². The number of hydrogen-bond acceptors (Lipinski definition) is 6. The second-order valence-corrected chi connectivity index (χ2v) is 8.88. The molecule has 1 aliphatic rings. The van der Waals surface area contributed by atoms with E-state index >= 15 is 0 Å². The zero-order chi connectivity index (χ0) is 27.8. The van der Waals surface area contributed by atoms with Crippen molar-refractivity contribution in [3.05, 3.63) is 95.6 Å². The van der Waals surface area contributed by atoms with Crippen LogP contribution in [-0.2, 0) is 19.1 Å². The molecule has 1 fully saturated rings. The van der Waals surface area contributed by atoms with E-state index in [0.717, 1.165) is 12.8 Å². The molecule has 0 bridgehead atoms. The smallest absolute Gasteiger partial charge is 0.337 e. The molecule has 3 aromatic rings. The van der Waals surface area contributed by atoms with Crippen LogP contribution >= 0.6 is 0 Å². The summed E-state index contributed by atoms with van der Waals surface area (Å²) in [6.07, 6.45) is 1.54. The summed E-state index contributed by atoms with van der Waals surface area (Å²) in [5.74, 6) is -2.39. The Morgan fingerprint density at radius 1 is 0.974 bits per heavy atom. The summed E-state index contributed by atoms with van der Waals surface area (Å²) in [6, 6.07) is 15.1. The van der Waals surface area contributed by atoms with Crippen LogP contribution < -0.4 is 15.0 Å². The zero-order valence-corrected chi connectivity index (χ0v) is 21.3. The molecular weight excluding hydrogens is 510 g/mol. The largest absolute Gasteiger partial charge is 0.484 e. The van der Waals surface area contributed by atoms with Crippen LogP contribution in [0.25, 0.3) is 0 Å². The minimum Gasteiger partial charge on any atom is -0.484 e. The van der Waals surface area contributed by atoms with Crippen LogP contribution in [0.2, 0.25) is 0 Å². The molecule has 1 aliphatic heterocycles. The quantitative estimate of drug-likeness (QED) is 0.389. The SMILES string of the molecule is COC(=O)c1ccc([C@@H](C(=O)NC[C@@H]2CCCO2)N(C(=O)COc2ccc(F)cc2)c2ccc(F)cc2)cc1. The van der Waals surface area contributed by atoms with Crippen molar-refractivity contribution in [3.8, 4) is 5.75 Å². The maximum Gasteiger partial charge on any atom is 0.337 e. The molecule has 204 valence electrons. The Kier molecular flexibility index (Phi) is 9.22. The molecule has 1 heterocycles. The highest BCUT2D eigenvalue weighted by Crippen LogP contribution is 2.29. The number of hydrogen-bond donors (Lipinski definition) is 1. The van der Waals surface area contributed by atoms with E-state index in [4.69, 9.17) is 14.2 Å². The van der Waals surface area contributed by atoms with E-state index in [1.807, 2.05) is 0 Å². The number of amides is 2. The molecule has 8 nitrogen and oxygen atoms in total. The molecule has 0 unspecified atom stereocenters.